The van der Waals surface area contributed by atoms with Gasteiger partial charge in [0.05, 0.1) is 5.71 Å². The van der Waals surface area contributed by atoms with Crippen molar-refractivity contribution in [1.82, 2.24) is 4.98 Å². The maximum Gasteiger partial charge on any atom is 0.0719 e. The summed E-state index contributed by atoms with van der Waals surface area (Å²) >= 11 is 0. The summed E-state index contributed by atoms with van der Waals surface area (Å²) in [5.74, 6) is 0. The maximum absolute atomic E-state index is 7.96. The maximum atomic E-state index is 7.96. The zero-order chi connectivity index (χ0) is 15.5. The third-order valence-corrected chi connectivity index (χ3v) is 4.11. The molecule has 1 aliphatic rings. The van der Waals surface area contributed by atoms with Crippen LogP contribution in [0, 0.1) is 5.41 Å². The third kappa shape index (κ3) is 2.50. The van der Waals surface area contributed by atoms with E-state index >= 15 is 0 Å². The molecular formula is C19H19N3. The van der Waals surface area contributed by atoms with Crippen LogP contribution < -0.4 is 0 Å². The predicted octanol–water partition coefficient (Wildman–Crippen LogP) is 3.92. The molecular weight excluding hydrogens is 270 g/mol. The predicted molar refractivity (Wildman–Crippen MR) is 91.9 cm³/mol. The molecule has 1 N–H and O–H groups in total. The molecule has 3 rings (SSSR count). The van der Waals surface area contributed by atoms with Crippen molar-refractivity contribution in [1.29, 1.82) is 5.41 Å². The molecule has 0 bridgehead atoms. The van der Waals surface area contributed by atoms with Crippen molar-refractivity contribution >= 4 is 17.0 Å². The van der Waals surface area contributed by atoms with E-state index in [0.29, 0.717) is 0 Å². The number of nitrogens with one attached hydrogen (secondary N) is 1. The number of aliphatic imine (C=N–C) groups is 1. The van der Waals surface area contributed by atoms with Crippen LogP contribution >= 0.6 is 0 Å². The summed E-state index contributed by atoms with van der Waals surface area (Å²) in [4.78, 5) is 8.57. The van der Waals surface area contributed by atoms with Gasteiger partial charge in [-0.2, -0.15) is 0 Å². The van der Waals surface area contributed by atoms with Crippen molar-refractivity contribution in [3.8, 4) is 0 Å². The Labute approximate surface area is 131 Å². The van der Waals surface area contributed by atoms with Gasteiger partial charge in [-0.05, 0) is 48.6 Å². The second-order valence-electron chi connectivity index (χ2n) is 5.36. The number of pyridine rings is 1. The van der Waals surface area contributed by atoms with Crippen molar-refractivity contribution in [2.24, 2.45) is 4.99 Å². The lowest BCUT2D eigenvalue weighted by molar-refractivity contribution is 1.09. The highest BCUT2D eigenvalue weighted by Gasteiger charge is 2.18. The van der Waals surface area contributed by atoms with E-state index in [9.17, 15) is 0 Å². The molecule has 1 aromatic heterocycles. The fourth-order valence-corrected chi connectivity index (χ4v) is 3.01. The largest absolute Gasteiger partial charge is 0.305 e. The number of fused-ring (bicyclic) bond motifs is 1. The van der Waals surface area contributed by atoms with Gasteiger partial charge in [0.1, 0.15) is 0 Å². The van der Waals surface area contributed by atoms with E-state index in [2.05, 4.69) is 34.3 Å². The van der Waals surface area contributed by atoms with Crippen molar-refractivity contribution in [3.05, 3.63) is 71.1 Å². The summed E-state index contributed by atoms with van der Waals surface area (Å²) in [5, 5.41) is 7.96. The van der Waals surface area contributed by atoms with E-state index in [-0.39, 0.29) is 0 Å². The van der Waals surface area contributed by atoms with Crippen molar-refractivity contribution in [2.75, 3.05) is 7.05 Å². The molecule has 0 aliphatic heterocycles. The van der Waals surface area contributed by atoms with E-state index in [1.807, 2.05) is 26.1 Å². The Morgan fingerprint density at radius 1 is 1.14 bits per heavy atom. The van der Waals surface area contributed by atoms with Gasteiger partial charge in [0.15, 0.2) is 0 Å². The summed E-state index contributed by atoms with van der Waals surface area (Å²) in [7, 11) is 1.82. The fourth-order valence-electron chi connectivity index (χ4n) is 3.01. The molecule has 1 aromatic carbocycles. The molecule has 1 heterocycles. The fraction of sp³-hybridized carbons (Fsp3) is 0.211. The minimum atomic E-state index is 0.752. The van der Waals surface area contributed by atoms with Crippen LogP contribution in [0.1, 0.15) is 35.6 Å². The van der Waals surface area contributed by atoms with Gasteiger partial charge in [0.2, 0.25) is 0 Å². The third-order valence-electron chi connectivity index (χ3n) is 4.11. The lowest BCUT2D eigenvalue weighted by Gasteiger charge is -2.12. The van der Waals surface area contributed by atoms with Crippen LogP contribution in [0.2, 0.25) is 0 Å². The first-order chi connectivity index (χ1) is 10.7. The van der Waals surface area contributed by atoms with Gasteiger partial charge in [-0.3, -0.25) is 9.98 Å². The molecule has 1 aliphatic carbocycles. The minimum absolute atomic E-state index is 0.752. The quantitative estimate of drug-likeness (QED) is 0.855. The molecule has 110 valence electrons. The van der Waals surface area contributed by atoms with Crippen LogP contribution in [0.5, 0.6) is 0 Å². The molecule has 22 heavy (non-hydrogen) atoms. The molecule has 0 spiro atoms. The first-order valence-electron chi connectivity index (χ1n) is 7.49. The first kappa shape index (κ1) is 14.4. The smallest absolute Gasteiger partial charge is 0.0719 e. The van der Waals surface area contributed by atoms with Crippen LogP contribution in [0.3, 0.4) is 0 Å². The highest BCUT2D eigenvalue weighted by molar-refractivity contribution is 6.31. The Morgan fingerprint density at radius 3 is 2.59 bits per heavy atom. The number of benzene rings is 1. The molecule has 0 fully saturated rings. The molecule has 0 unspecified atom stereocenters. The average molecular weight is 289 g/mol. The number of aryl methyl sites for hydroxylation is 1. The van der Waals surface area contributed by atoms with Gasteiger partial charge < -0.3 is 5.41 Å². The number of hydrogen-bond donors (Lipinski definition) is 1. The number of allylic oxidation sites excluding steroid dienone is 2. The van der Waals surface area contributed by atoms with Crippen LogP contribution in [-0.2, 0) is 6.42 Å². The molecule has 0 radical (unpaired) electrons. The van der Waals surface area contributed by atoms with Crippen LogP contribution in [0.15, 0.2) is 53.8 Å². The Kier molecular flexibility index (Phi) is 3.96. The molecule has 3 nitrogen and oxygen atoms in total. The Balaban J connectivity index is 2.04. The zero-order valence-electron chi connectivity index (χ0n) is 12.9. The Morgan fingerprint density at radius 2 is 1.91 bits per heavy atom. The minimum Gasteiger partial charge on any atom is -0.305 e. The molecule has 0 saturated carbocycles. The number of nitrogens with zero attached hydrogens (tertiary/aromatic N) is 2. The topological polar surface area (TPSA) is 49.1 Å². The van der Waals surface area contributed by atoms with Crippen LogP contribution in [0.25, 0.3) is 5.57 Å². The van der Waals surface area contributed by atoms with E-state index in [0.717, 1.165) is 46.5 Å². The van der Waals surface area contributed by atoms with Gasteiger partial charge in [-0.25, -0.2) is 0 Å². The van der Waals surface area contributed by atoms with Gasteiger partial charge in [0, 0.05) is 36.3 Å². The summed E-state index contributed by atoms with van der Waals surface area (Å²) in [6.45, 7) is 2.04. The monoisotopic (exact) mass is 289 g/mol. The lowest BCUT2D eigenvalue weighted by atomic mass is 9.94. The summed E-state index contributed by atoms with van der Waals surface area (Å²) in [6, 6.07) is 10.3. The highest BCUT2D eigenvalue weighted by Crippen LogP contribution is 2.27. The first-order valence-corrected chi connectivity index (χ1v) is 7.49. The Hall–Kier alpha value is -2.55. The van der Waals surface area contributed by atoms with E-state index in [1.165, 1.54) is 5.56 Å². The highest BCUT2D eigenvalue weighted by atomic mass is 14.7. The molecule has 3 heteroatoms. The number of rotatable bonds is 3. The van der Waals surface area contributed by atoms with Crippen molar-refractivity contribution in [2.45, 2.75) is 19.8 Å². The molecule has 0 saturated heterocycles. The molecule has 2 aromatic rings. The zero-order valence-corrected chi connectivity index (χ0v) is 12.9. The summed E-state index contributed by atoms with van der Waals surface area (Å²) in [5.41, 5.74) is 7.44. The standard InChI is InChI=1S/C19H19N3/c1-3-16(19(21-2)13-8-10-22-11-9-13)14-4-6-17-15(12-14)5-7-18(17)20/h3-4,6,8-12,20H,5,7H2,1-2H3/b16-3-,20-18?,21-19?. The van der Waals surface area contributed by atoms with Crippen molar-refractivity contribution in [3.63, 3.8) is 0 Å². The van der Waals surface area contributed by atoms with Crippen LogP contribution in [-0.4, -0.2) is 23.5 Å². The second-order valence-corrected chi connectivity index (χ2v) is 5.36. The van der Waals surface area contributed by atoms with E-state index in [4.69, 9.17) is 5.41 Å². The van der Waals surface area contributed by atoms with E-state index in [1.54, 1.807) is 12.4 Å². The molecule has 0 atom stereocenters. The van der Waals surface area contributed by atoms with Crippen molar-refractivity contribution < 1.29 is 0 Å². The van der Waals surface area contributed by atoms with Gasteiger partial charge in [-0.1, -0.05) is 24.3 Å². The van der Waals surface area contributed by atoms with E-state index < -0.39 is 0 Å². The summed E-state index contributed by atoms with van der Waals surface area (Å²) in [6.07, 6.45) is 7.50. The Bertz CT molecular complexity index is 771. The normalized spacial score (nSPS) is 15.1. The SMILES string of the molecule is C/C=C(\C(=NC)c1ccncc1)c1ccc2c(c1)CCC2=N. The average Bonchev–Trinajstić information content (AvgIpc) is 2.94. The van der Waals surface area contributed by atoms with Crippen LogP contribution in [0.4, 0.5) is 0 Å². The summed E-state index contributed by atoms with van der Waals surface area (Å²) < 4.78 is 0. The number of hydrogen-bond acceptors (Lipinski definition) is 3. The number of aromatic nitrogens is 1. The lowest BCUT2D eigenvalue weighted by Crippen LogP contribution is -2.05. The molecule has 0 amide bonds. The van der Waals surface area contributed by atoms with Gasteiger partial charge in [0.25, 0.3) is 0 Å². The second kappa shape index (κ2) is 6.06. The van der Waals surface area contributed by atoms with Gasteiger partial charge >= 0.3 is 0 Å². The van der Waals surface area contributed by atoms with Gasteiger partial charge in [-0.15, -0.1) is 0 Å².